The van der Waals surface area contributed by atoms with Crippen molar-refractivity contribution in [2.75, 3.05) is 13.2 Å². The van der Waals surface area contributed by atoms with Gasteiger partial charge in [-0.05, 0) is 48.2 Å². The third-order valence-electron chi connectivity index (χ3n) is 6.31. The highest BCUT2D eigenvalue weighted by atomic mass is 32.2. The Bertz CT molecular complexity index is 1570. The van der Waals surface area contributed by atoms with E-state index in [9.17, 15) is 23.5 Å². The van der Waals surface area contributed by atoms with Crippen LogP contribution in [0.4, 0.5) is 8.78 Å². The summed E-state index contributed by atoms with van der Waals surface area (Å²) in [6.07, 6.45) is 6.92. The number of nitrogens with zero attached hydrogens (tertiary/aromatic N) is 1. The summed E-state index contributed by atoms with van der Waals surface area (Å²) in [6.45, 7) is 2.31. The van der Waals surface area contributed by atoms with Crippen LogP contribution in [0.15, 0.2) is 71.8 Å². The van der Waals surface area contributed by atoms with Gasteiger partial charge in [-0.25, -0.2) is 4.39 Å². The highest BCUT2D eigenvalue weighted by molar-refractivity contribution is 8.00. The molecule has 7 nitrogen and oxygen atoms in total. The van der Waals surface area contributed by atoms with Gasteiger partial charge in [-0.3, -0.25) is 9.59 Å². The van der Waals surface area contributed by atoms with Gasteiger partial charge in [-0.2, -0.15) is 4.39 Å². The maximum atomic E-state index is 13.6. The van der Waals surface area contributed by atoms with Gasteiger partial charge in [-0.1, -0.05) is 55.5 Å². The highest BCUT2D eigenvalue weighted by Gasteiger charge is 2.17. The number of hydrogen-bond donors (Lipinski definition) is 2. The van der Waals surface area contributed by atoms with Gasteiger partial charge in [0.1, 0.15) is 12.3 Å². The van der Waals surface area contributed by atoms with Crippen molar-refractivity contribution in [2.24, 2.45) is 0 Å². The number of ether oxygens (including phenoxy) is 2. The van der Waals surface area contributed by atoms with Gasteiger partial charge in [0.05, 0.1) is 25.2 Å². The average molecular weight is 596 g/mol. The molecule has 1 atom stereocenters. The molecule has 2 N–H and O–H groups in total. The Balaban J connectivity index is 1.36. The van der Waals surface area contributed by atoms with Crippen molar-refractivity contribution in [3.05, 3.63) is 89.6 Å². The van der Waals surface area contributed by atoms with Crippen LogP contribution in [0.3, 0.4) is 0 Å². The number of fused-ring (bicyclic) bond motifs is 1. The van der Waals surface area contributed by atoms with E-state index >= 15 is 0 Å². The number of carboxylic acids is 2. The van der Waals surface area contributed by atoms with Crippen molar-refractivity contribution in [2.45, 2.75) is 42.9 Å². The van der Waals surface area contributed by atoms with E-state index in [-0.39, 0.29) is 30.6 Å². The van der Waals surface area contributed by atoms with Crippen LogP contribution in [0.5, 0.6) is 11.5 Å². The first-order valence-corrected chi connectivity index (χ1v) is 14.3. The number of rotatable bonds is 15. The monoisotopic (exact) mass is 595 g/mol. The largest absolute Gasteiger partial charge is 0.494 e. The fraction of sp³-hybridized carbons (Fsp3) is 0.250. The number of aliphatic carboxylic acids is 2. The van der Waals surface area contributed by atoms with Gasteiger partial charge in [-0.15, -0.1) is 11.8 Å². The molecule has 0 saturated carbocycles. The van der Waals surface area contributed by atoms with Crippen molar-refractivity contribution in [1.29, 1.82) is 0 Å². The predicted octanol–water partition coefficient (Wildman–Crippen LogP) is 7.37. The lowest BCUT2D eigenvalue weighted by Crippen LogP contribution is -2.08. The highest BCUT2D eigenvalue weighted by Crippen LogP contribution is 2.36. The van der Waals surface area contributed by atoms with Crippen LogP contribution in [0.1, 0.15) is 37.3 Å². The molecule has 10 heteroatoms. The van der Waals surface area contributed by atoms with Crippen LogP contribution in [-0.4, -0.2) is 45.2 Å². The van der Waals surface area contributed by atoms with Gasteiger partial charge >= 0.3 is 11.9 Å². The van der Waals surface area contributed by atoms with Crippen LogP contribution in [-0.2, 0) is 16.1 Å². The lowest BCUT2D eigenvalue weighted by molar-refractivity contribution is -0.138. The van der Waals surface area contributed by atoms with Crippen LogP contribution in [0, 0.1) is 11.6 Å². The first kappa shape index (κ1) is 30.6. The summed E-state index contributed by atoms with van der Waals surface area (Å²) in [4.78, 5) is 23.5. The maximum absolute atomic E-state index is 13.6. The number of para-hydroxylation sites is 1. The molecule has 0 radical (unpaired) electrons. The molecule has 1 heterocycles. The fourth-order valence-corrected chi connectivity index (χ4v) is 5.53. The van der Waals surface area contributed by atoms with E-state index in [0.29, 0.717) is 25.2 Å². The second-order valence-corrected chi connectivity index (χ2v) is 11.1. The molecule has 0 aliphatic carbocycles. The SMILES string of the molecule is CC(CC(=O)O)Sc1cn(CC(=O)O)c2c(C=Cc3ccc(OCCCCOc4cccc(F)c4F)cc3)cccc12. The van der Waals surface area contributed by atoms with E-state index in [1.807, 2.05) is 61.5 Å². The van der Waals surface area contributed by atoms with Gasteiger partial charge in [0, 0.05) is 21.7 Å². The quantitative estimate of drug-likeness (QED) is 0.0841. The lowest BCUT2D eigenvalue weighted by atomic mass is 10.1. The number of halogens is 2. The molecule has 42 heavy (non-hydrogen) atoms. The number of hydrogen-bond acceptors (Lipinski definition) is 5. The minimum atomic E-state index is -0.986. The fourth-order valence-electron chi connectivity index (χ4n) is 4.39. The van der Waals surface area contributed by atoms with E-state index in [4.69, 9.17) is 14.6 Å². The summed E-state index contributed by atoms with van der Waals surface area (Å²) in [5.41, 5.74) is 2.53. The molecule has 0 spiro atoms. The summed E-state index contributed by atoms with van der Waals surface area (Å²) in [7, 11) is 0. The van der Waals surface area contributed by atoms with Gasteiger partial charge in [0.2, 0.25) is 5.82 Å². The molecule has 0 fully saturated rings. The smallest absolute Gasteiger partial charge is 0.323 e. The number of carboxylic acid groups (broad SMARTS) is 2. The van der Waals surface area contributed by atoms with Crippen molar-refractivity contribution in [3.63, 3.8) is 0 Å². The predicted molar refractivity (Wildman–Crippen MR) is 159 cm³/mol. The van der Waals surface area contributed by atoms with Crippen molar-refractivity contribution in [1.82, 2.24) is 4.57 Å². The first-order chi connectivity index (χ1) is 20.2. The summed E-state index contributed by atoms with van der Waals surface area (Å²) in [6, 6.07) is 17.1. The molecule has 1 aromatic heterocycles. The average Bonchev–Trinajstić information content (AvgIpc) is 3.28. The number of thioether (sulfide) groups is 1. The second-order valence-electron chi connectivity index (χ2n) is 9.64. The molecule has 0 saturated heterocycles. The third-order valence-corrected chi connectivity index (χ3v) is 7.45. The minimum Gasteiger partial charge on any atom is -0.494 e. The Morgan fingerprint density at radius 2 is 1.64 bits per heavy atom. The maximum Gasteiger partial charge on any atom is 0.323 e. The molecule has 4 rings (SSSR count). The Hall–Kier alpha value is -4.31. The van der Waals surface area contributed by atoms with Gasteiger partial charge in [0.15, 0.2) is 11.6 Å². The Morgan fingerprint density at radius 1 is 0.929 bits per heavy atom. The van der Waals surface area contributed by atoms with E-state index < -0.39 is 23.6 Å². The summed E-state index contributed by atoms with van der Waals surface area (Å²) in [5.74, 6) is -3.18. The zero-order valence-electron chi connectivity index (χ0n) is 23.0. The standard InChI is InChI=1S/C32H31F2NO6S/c1-21(18-29(36)37)42-28-19-35(20-30(38)39)32-23(6-4-7-25(28)32)13-10-22-11-14-24(15-12-22)40-16-2-3-17-41-27-9-5-8-26(33)31(27)34/h4-15,19,21H,2-3,16-18,20H2,1H3,(H,36,37)(H,38,39). The number of benzene rings is 3. The van der Waals surface area contributed by atoms with E-state index in [2.05, 4.69) is 0 Å². The Labute approximate surface area is 246 Å². The molecule has 0 bridgehead atoms. The molecular formula is C32H31F2NO6S. The molecule has 3 aromatic carbocycles. The van der Waals surface area contributed by atoms with Crippen LogP contribution in [0.2, 0.25) is 0 Å². The molecule has 0 aliphatic heterocycles. The number of unbranched alkanes of at least 4 members (excludes halogenated alkanes) is 1. The van der Waals surface area contributed by atoms with Crippen LogP contribution < -0.4 is 9.47 Å². The summed E-state index contributed by atoms with van der Waals surface area (Å²) in [5, 5.41) is 19.3. The second kappa shape index (κ2) is 14.5. The normalized spacial score (nSPS) is 12.1. The number of carbonyl (C=O) groups is 2. The summed E-state index contributed by atoms with van der Waals surface area (Å²) >= 11 is 1.42. The zero-order valence-corrected chi connectivity index (χ0v) is 23.8. The van der Waals surface area contributed by atoms with Crippen molar-refractivity contribution in [3.8, 4) is 11.5 Å². The molecule has 1 unspecified atom stereocenters. The Morgan fingerprint density at radius 3 is 2.36 bits per heavy atom. The minimum absolute atomic E-state index is 0.00177. The van der Waals surface area contributed by atoms with Gasteiger partial charge in [0.25, 0.3) is 0 Å². The van der Waals surface area contributed by atoms with Crippen molar-refractivity contribution >= 4 is 46.8 Å². The molecule has 220 valence electrons. The topological polar surface area (TPSA) is 98.0 Å². The molecule has 4 aromatic rings. The van der Waals surface area contributed by atoms with Crippen molar-refractivity contribution < 1.29 is 38.1 Å². The third kappa shape index (κ3) is 8.36. The van der Waals surface area contributed by atoms with E-state index in [0.717, 1.165) is 33.0 Å². The van der Waals surface area contributed by atoms with Gasteiger partial charge < -0.3 is 24.3 Å². The number of aromatic nitrogens is 1. The van der Waals surface area contributed by atoms with Crippen LogP contribution >= 0.6 is 11.8 Å². The molecular weight excluding hydrogens is 564 g/mol. The van der Waals surface area contributed by atoms with E-state index in [1.54, 1.807) is 10.8 Å². The molecule has 0 aliphatic rings. The lowest BCUT2D eigenvalue weighted by Gasteiger charge is -2.09. The Kier molecular flexibility index (Phi) is 10.6. The van der Waals surface area contributed by atoms with Crippen LogP contribution in [0.25, 0.3) is 23.1 Å². The zero-order chi connectivity index (χ0) is 30.1. The first-order valence-electron chi connectivity index (χ1n) is 13.4. The molecule has 0 amide bonds. The van der Waals surface area contributed by atoms with E-state index in [1.165, 1.54) is 23.9 Å². The summed E-state index contributed by atoms with van der Waals surface area (Å²) < 4.78 is 39.6.